The molecule has 0 unspecified atom stereocenters. The molecule has 1 aliphatic heterocycles. The summed E-state index contributed by atoms with van der Waals surface area (Å²) >= 11 is 1.41. The van der Waals surface area contributed by atoms with Crippen LogP contribution in [0.5, 0.6) is 0 Å². The van der Waals surface area contributed by atoms with Crippen molar-refractivity contribution in [2.24, 2.45) is 5.92 Å². The summed E-state index contributed by atoms with van der Waals surface area (Å²) in [5.74, 6) is -0.0782. The van der Waals surface area contributed by atoms with Gasteiger partial charge in [0.1, 0.15) is 5.01 Å². The molecular formula is C17H20N4O2S. The summed E-state index contributed by atoms with van der Waals surface area (Å²) in [4.78, 5) is 26.6. The van der Waals surface area contributed by atoms with Crippen molar-refractivity contribution in [3.63, 3.8) is 0 Å². The molecule has 0 bridgehead atoms. The van der Waals surface area contributed by atoms with Gasteiger partial charge in [-0.15, -0.1) is 10.2 Å². The zero-order chi connectivity index (χ0) is 16.9. The van der Waals surface area contributed by atoms with Crippen molar-refractivity contribution in [2.45, 2.75) is 26.2 Å². The number of nitrogens with one attached hydrogen (secondary N) is 1. The molecule has 1 aromatic heterocycles. The number of carbonyl (C=O) groups excluding carboxylic acids is 2. The Hall–Kier alpha value is -2.28. The molecule has 24 heavy (non-hydrogen) atoms. The van der Waals surface area contributed by atoms with E-state index in [0.29, 0.717) is 36.6 Å². The second-order valence-corrected chi connectivity index (χ2v) is 6.84. The van der Waals surface area contributed by atoms with Gasteiger partial charge in [0.2, 0.25) is 11.0 Å². The van der Waals surface area contributed by atoms with E-state index < -0.39 is 0 Å². The van der Waals surface area contributed by atoms with Gasteiger partial charge in [-0.25, -0.2) is 0 Å². The van der Waals surface area contributed by atoms with Crippen molar-refractivity contribution in [1.29, 1.82) is 0 Å². The van der Waals surface area contributed by atoms with Crippen LogP contribution in [0.3, 0.4) is 0 Å². The summed E-state index contributed by atoms with van der Waals surface area (Å²) in [7, 11) is 0. The van der Waals surface area contributed by atoms with Gasteiger partial charge in [0, 0.05) is 24.6 Å². The van der Waals surface area contributed by atoms with Crippen LogP contribution >= 0.6 is 11.3 Å². The molecule has 0 radical (unpaired) electrons. The summed E-state index contributed by atoms with van der Waals surface area (Å²) in [6, 6.07) is 9.26. The molecule has 6 nitrogen and oxygen atoms in total. The third-order valence-electron chi connectivity index (χ3n) is 4.17. The Kier molecular flexibility index (Phi) is 5.20. The van der Waals surface area contributed by atoms with Gasteiger partial charge < -0.3 is 10.2 Å². The smallest absolute Gasteiger partial charge is 0.253 e. The average Bonchev–Trinajstić information content (AvgIpc) is 3.09. The second kappa shape index (κ2) is 7.53. The van der Waals surface area contributed by atoms with Crippen molar-refractivity contribution in [3.8, 4) is 0 Å². The van der Waals surface area contributed by atoms with E-state index in [2.05, 4.69) is 15.5 Å². The molecule has 126 valence electrons. The Bertz CT molecular complexity index is 708. The Labute approximate surface area is 144 Å². The predicted molar refractivity (Wildman–Crippen MR) is 93.0 cm³/mol. The lowest BCUT2D eigenvalue weighted by Crippen LogP contribution is -2.41. The number of hydrogen-bond donors (Lipinski definition) is 1. The molecule has 7 heteroatoms. The Morgan fingerprint density at radius 3 is 2.54 bits per heavy atom. The molecule has 1 N–H and O–H groups in total. The van der Waals surface area contributed by atoms with Crippen LogP contribution in [0.2, 0.25) is 0 Å². The highest BCUT2D eigenvalue weighted by molar-refractivity contribution is 7.15. The molecule has 0 spiro atoms. The maximum Gasteiger partial charge on any atom is 0.253 e. The Morgan fingerprint density at radius 2 is 1.92 bits per heavy atom. The fourth-order valence-corrected chi connectivity index (χ4v) is 3.44. The maximum atomic E-state index is 12.4. The van der Waals surface area contributed by atoms with Crippen molar-refractivity contribution >= 4 is 28.3 Å². The number of anilines is 1. The number of carbonyl (C=O) groups is 2. The van der Waals surface area contributed by atoms with Crippen LogP contribution in [0.4, 0.5) is 5.13 Å². The zero-order valence-corrected chi connectivity index (χ0v) is 14.4. The number of rotatable bonds is 4. The number of hydrogen-bond acceptors (Lipinski definition) is 5. The SMILES string of the molecule is CCc1nnc(NC(=O)C2CCN(C(=O)c3ccccc3)CC2)s1. The minimum atomic E-state index is -0.0844. The number of amides is 2. The van der Waals surface area contributed by atoms with E-state index in [1.807, 2.05) is 42.2 Å². The topological polar surface area (TPSA) is 75.2 Å². The average molecular weight is 344 g/mol. The quantitative estimate of drug-likeness (QED) is 0.925. The molecule has 1 saturated heterocycles. The van der Waals surface area contributed by atoms with Gasteiger partial charge in [-0.05, 0) is 31.4 Å². The number of likely N-dealkylation sites (tertiary alicyclic amines) is 1. The van der Waals surface area contributed by atoms with Gasteiger partial charge in [-0.2, -0.15) is 0 Å². The first-order chi connectivity index (χ1) is 11.7. The van der Waals surface area contributed by atoms with Gasteiger partial charge >= 0.3 is 0 Å². The molecule has 2 heterocycles. The lowest BCUT2D eigenvalue weighted by atomic mass is 9.95. The van der Waals surface area contributed by atoms with Crippen LogP contribution in [0.25, 0.3) is 0 Å². The highest BCUT2D eigenvalue weighted by atomic mass is 32.1. The molecule has 0 aliphatic carbocycles. The van der Waals surface area contributed by atoms with Crippen molar-refractivity contribution in [2.75, 3.05) is 18.4 Å². The van der Waals surface area contributed by atoms with E-state index in [1.165, 1.54) is 11.3 Å². The fraction of sp³-hybridized carbons (Fsp3) is 0.412. The van der Waals surface area contributed by atoms with Gasteiger partial charge in [-0.3, -0.25) is 9.59 Å². The largest absolute Gasteiger partial charge is 0.339 e. The van der Waals surface area contributed by atoms with Gasteiger partial charge in [-0.1, -0.05) is 36.5 Å². The normalized spacial score (nSPS) is 15.3. The van der Waals surface area contributed by atoms with Crippen molar-refractivity contribution < 1.29 is 9.59 Å². The molecule has 1 aliphatic rings. The summed E-state index contributed by atoms with van der Waals surface area (Å²) in [5.41, 5.74) is 0.696. The van der Waals surface area contributed by atoms with Crippen LogP contribution in [0, 0.1) is 5.92 Å². The highest BCUT2D eigenvalue weighted by Gasteiger charge is 2.28. The third kappa shape index (κ3) is 3.79. The first-order valence-corrected chi connectivity index (χ1v) is 8.96. The molecule has 0 atom stereocenters. The van der Waals surface area contributed by atoms with Gasteiger partial charge in [0.05, 0.1) is 0 Å². The number of piperidine rings is 1. The van der Waals surface area contributed by atoms with Crippen LogP contribution < -0.4 is 5.32 Å². The molecule has 0 saturated carbocycles. The lowest BCUT2D eigenvalue weighted by Gasteiger charge is -2.31. The number of nitrogens with zero attached hydrogens (tertiary/aromatic N) is 3. The first kappa shape index (κ1) is 16.6. The van der Waals surface area contributed by atoms with E-state index in [9.17, 15) is 9.59 Å². The number of benzene rings is 1. The van der Waals surface area contributed by atoms with Gasteiger partial charge in [0.25, 0.3) is 5.91 Å². The zero-order valence-electron chi connectivity index (χ0n) is 13.6. The molecule has 1 fully saturated rings. The van der Waals surface area contributed by atoms with Crippen molar-refractivity contribution in [3.05, 3.63) is 40.9 Å². The van der Waals surface area contributed by atoms with E-state index in [0.717, 1.165) is 11.4 Å². The third-order valence-corrected chi connectivity index (χ3v) is 5.16. The van der Waals surface area contributed by atoms with E-state index >= 15 is 0 Å². The number of aryl methyl sites for hydroxylation is 1. The first-order valence-electron chi connectivity index (χ1n) is 8.15. The van der Waals surface area contributed by atoms with Gasteiger partial charge in [0.15, 0.2) is 0 Å². The maximum absolute atomic E-state index is 12.4. The Balaban J connectivity index is 1.53. The molecule has 1 aromatic carbocycles. The highest BCUT2D eigenvalue weighted by Crippen LogP contribution is 2.22. The standard InChI is InChI=1S/C17H20N4O2S/c1-2-14-19-20-17(24-14)18-15(22)12-8-10-21(11-9-12)16(23)13-6-4-3-5-7-13/h3-7,12H,2,8-11H2,1H3,(H,18,20,22). The van der Waals surface area contributed by atoms with Crippen LogP contribution in [0.1, 0.15) is 35.1 Å². The lowest BCUT2D eigenvalue weighted by molar-refractivity contribution is -0.121. The molecule has 2 aromatic rings. The van der Waals surface area contributed by atoms with E-state index in [1.54, 1.807) is 0 Å². The van der Waals surface area contributed by atoms with Crippen LogP contribution in [-0.4, -0.2) is 40.0 Å². The molecule has 3 rings (SSSR count). The summed E-state index contributed by atoms with van der Waals surface area (Å²) < 4.78 is 0. The Morgan fingerprint density at radius 1 is 1.21 bits per heavy atom. The monoisotopic (exact) mass is 344 g/mol. The van der Waals surface area contributed by atoms with E-state index in [-0.39, 0.29) is 17.7 Å². The van der Waals surface area contributed by atoms with Crippen molar-refractivity contribution in [1.82, 2.24) is 15.1 Å². The van der Waals surface area contributed by atoms with E-state index in [4.69, 9.17) is 0 Å². The van der Waals surface area contributed by atoms with Crippen LogP contribution in [-0.2, 0) is 11.2 Å². The second-order valence-electron chi connectivity index (χ2n) is 5.78. The molecular weight excluding hydrogens is 324 g/mol. The fourth-order valence-electron chi connectivity index (χ4n) is 2.76. The van der Waals surface area contributed by atoms with Crippen LogP contribution in [0.15, 0.2) is 30.3 Å². The molecule has 2 amide bonds. The summed E-state index contributed by atoms with van der Waals surface area (Å²) in [6.45, 7) is 3.20. The minimum absolute atomic E-state index is 0.0272. The summed E-state index contributed by atoms with van der Waals surface area (Å²) in [5, 5.41) is 12.3. The summed E-state index contributed by atoms with van der Waals surface area (Å²) in [6.07, 6.45) is 2.15. The minimum Gasteiger partial charge on any atom is -0.339 e. The predicted octanol–water partition coefficient (Wildman–Crippen LogP) is 2.59. The number of aromatic nitrogens is 2.